The SMILES string of the molecule is CC(=O)O[C@@H]1C(OCCOCCN=[N+]=[N-])O[C@@H](C)[C@H](C)C1C. The molecule has 0 radical (unpaired) electrons. The van der Waals surface area contributed by atoms with Crippen LogP contribution >= 0.6 is 0 Å². The third-order valence-electron chi connectivity index (χ3n) is 3.92. The molecular formula is C14H25N3O5. The molecule has 1 fully saturated rings. The fourth-order valence-electron chi connectivity index (χ4n) is 2.35. The van der Waals surface area contributed by atoms with Crippen LogP contribution in [-0.4, -0.2) is 50.8 Å². The molecule has 0 aromatic rings. The summed E-state index contributed by atoms with van der Waals surface area (Å²) in [5, 5.41) is 3.36. The second-order valence-corrected chi connectivity index (χ2v) is 5.44. The van der Waals surface area contributed by atoms with Crippen molar-refractivity contribution in [3.8, 4) is 0 Å². The van der Waals surface area contributed by atoms with Crippen molar-refractivity contribution in [2.24, 2.45) is 17.0 Å². The summed E-state index contributed by atoms with van der Waals surface area (Å²) >= 11 is 0. The Morgan fingerprint density at radius 3 is 2.59 bits per heavy atom. The molecule has 0 N–H and O–H groups in total. The average molecular weight is 315 g/mol. The summed E-state index contributed by atoms with van der Waals surface area (Å²) in [6, 6.07) is 0. The molecule has 5 atom stereocenters. The van der Waals surface area contributed by atoms with Gasteiger partial charge in [-0.3, -0.25) is 4.79 Å². The van der Waals surface area contributed by atoms with Crippen molar-refractivity contribution < 1.29 is 23.7 Å². The first-order chi connectivity index (χ1) is 10.5. The molecule has 0 saturated carbocycles. The molecular weight excluding hydrogens is 290 g/mol. The molecule has 0 amide bonds. The zero-order valence-corrected chi connectivity index (χ0v) is 13.6. The van der Waals surface area contributed by atoms with E-state index < -0.39 is 12.4 Å². The number of azide groups is 1. The van der Waals surface area contributed by atoms with Gasteiger partial charge in [0.25, 0.3) is 0 Å². The second kappa shape index (κ2) is 9.63. The van der Waals surface area contributed by atoms with Crippen molar-refractivity contribution in [2.45, 2.75) is 46.2 Å². The number of nitrogens with zero attached hydrogens (tertiary/aromatic N) is 3. The van der Waals surface area contributed by atoms with Gasteiger partial charge in [-0.15, -0.1) is 0 Å². The van der Waals surface area contributed by atoms with Crippen LogP contribution in [0.25, 0.3) is 10.4 Å². The van der Waals surface area contributed by atoms with E-state index in [0.717, 1.165) is 0 Å². The fraction of sp³-hybridized carbons (Fsp3) is 0.929. The predicted molar refractivity (Wildman–Crippen MR) is 79.0 cm³/mol. The molecule has 0 aliphatic carbocycles. The highest BCUT2D eigenvalue weighted by Crippen LogP contribution is 2.33. The van der Waals surface area contributed by atoms with Crippen molar-refractivity contribution in [3.05, 3.63) is 10.4 Å². The maximum absolute atomic E-state index is 11.3. The van der Waals surface area contributed by atoms with Gasteiger partial charge in [0.15, 0.2) is 12.4 Å². The zero-order valence-electron chi connectivity index (χ0n) is 13.6. The van der Waals surface area contributed by atoms with Gasteiger partial charge in [-0.2, -0.15) is 0 Å². The smallest absolute Gasteiger partial charge is 0.303 e. The minimum Gasteiger partial charge on any atom is -0.457 e. The Hall–Kier alpha value is -1.34. The van der Waals surface area contributed by atoms with Gasteiger partial charge in [0.05, 0.1) is 25.9 Å². The molecule has 2 unspecified atom stereocenters. The van der Waals surface area contributed by atoms with E-state index in [1.165, 1.54) is 6.92 Å². The van der Waals surface area contributed by atoms with Crippen LogP contribution in [0.5, 0.6) is 0 Å². The van der Waals surface area contributed by atoms with Crippen LogP contribution in [0.1, 0.15) is 27.7 Å². The van der Waals surface area contributed by atoms with E-state index in [4.69, 9.17) is 24.5 Å². The lowest BCUT2D eigenvalue weighted by molar-refractivity contribution is -0.273. The molecule has 126 valence electrons. The summed E-state index contributed by atoms with van der Waals surface area (Å²) < 4.78 is 22.1. The van der Waals surface area contributed by atoms with Gasteiger partial charge < -0.3 is 18.9 Å². The normalized spacial score (nSPS) is 31.4. The van der Waals surface area contributed by atoms with E-state index in [2.05, 4.69) is 16.9 Å². The van der Waals surface area contributed by atoms with Gasteiger partial charge in [0.1, 0.15) is 0 Å². The third kappa shape index (κ3) is 5.81. The Kier molecular flexibility index (Phi) is 8.19. The highest BCUT2D eigenvalue weighted by atomic mass is 16.7. The van der Waals surface area contributed by atoms with Gasteiger partial charge in [0, 0.05) is 24.3 Å². The Morgan fingerprint density at radius 1 is 1.23 bits per heavy atom. The Labute approximate surface area is 130 Å². The zero-order chi connectivity index (χ0) is 16.5. The lowest BCUT2D eigenvalue weighted by atomic mass is 9.84. The number of rotatable bonds is 8. The van der Waals surface area contributed by atoms with Crippen molar-refractivity contribution in [2.75, 3.05) is 26.4 Å². The highest BCUT2D eigenvalue weighted by molar-refractivity contribution is 5.66. The maximum atomic E-state index is 11.3. The van der Waals surface area contributed by atoms with Gasteiger partial charge >= 0.3 is 5.97 Å². The summed E-state index contributed by atoms with van der Waals surface area (Å²) in [5.74, 6) is 0.0641. The molecule has 1 aliphatic heterocycles. The Balaban J connectivity index is 2.43. The van der Waals surface area contributed by atoms with Crippen LogP contribution in [0, 0.1) is 11.8 Å². The van der Waals surface area contributed by atoms with Crippen LogP contribution in [0.3, 0.4) is 0 Å². The lowest BCUT2D eigenvalue weighted by Crippen LogP contribution is -2.51. The number of ether oxygens (including phenoxy) is 4. The monoisotopic (exact) mass is 315 g/mol. The van der Waals surface area contributed by atoms with Crippen LogP contribution in [0.4, 0.5) is 0 Å². The van der Waals surface area contributed by atoms with E-state index in [-0.39, 0.29) is 30.5 Å². The number of carbonyl (C=O) groups is 1. The molecule has 1 heterocycles. The molecule has 1 saturated heterocycles. The van der Waals surface area contributed by atoms with E-state index >= 15 is 0 Å². The summed E-state index contributed by atoms with van der Waals surface area (Å²) in [4.78, 5) is 13.9. The second-order valence-electron chi connectivity index (χ2n) is 5.44. The molecule has 0 bridgehead atoms. The van der Waals surface area contributed by atoms with E-state index in [1.807, 2.05) is 13.8 Å². The fourth-order valence-corrected chi connectivity index (χ4v) is 2.35. The standard InChI is InChI=1S/C14H25N3O5/c1-9-10(2)13(22-12(4)18)14(21-11(9)3)20-8-7-19-6-5-16-17-15/h9-11,13-14H,5-8H2,1-4H3/t9-,10?,11+,13+,14?/m1/s1. The van der Waals surface area contributed by atoms with E-state index in [1.54, 1.807) is 0 Å². The molecule has 8 nitrogen and oxygen atoms in total. The van der Waals surface area contributed by atoms with Gasteiger partial charge in [-0.1, -0.05) is 19.0 Å². The van der Waals surface area contributed by atoms with Crippen molar-refractivity contribution in [3.63, 3.8) is 0 Å². The maximum Gasteiger partial charge on any atom is 0.303 e. The first kappa shape index (κ1) is 18.7. The molecule has 1 aliphatic rings. The minimum atomic E-state index is -0.592. The molecule has 0 aromatic heterocycles. The van der Waals surface area contributed by atoms with Crippen molar-refractivity contribution in [1.29, 1.82) is 0 Å². The number of esters is 1. The number of hydrogen-bond acceptors (Lipinski definition) is 6. The molecule has 0 spiro atoms. The van der Waals surface area contributed by atoms with Crippen molar-refractivity contribution in [1.82, 2.24) is 0 Å². The van der Waals surface area contributed by atoms with Crippen LogP contribution in [-0.2, 0) is 23.7 Å². The highest BCUT2D eigenvalue weighted by Gasteiger charge is 2.42. The van der Waals surface area contributed by atoms with E-state index in [0.29, 0.717) is 19.8 Å². The number of carbonyl (C=O) groups excluding carboxylic acids is 1. The predicted octanol–water partition coefficient (Wildman–Crippen LogP) is 2.28. The molecule has 22 heavy (non-hydrogen) atoms. The largest absolute Gasteiger partial charge is 0.457 e. The summed E-state index contributed by atoms with van der Waals surface area (Å²) in [6.45, 7) is 8.76. The Morgan fingerprint density at radius 2 is 1.95 bits per heavy atom. The summed E-state index contributed by atoms with van der Waals surface area (Å²) in [7, 11) is 0. The van der Waals surface area contributed by atoms with Crippen LogP contribution in [0.15, 0.2) is 5.11 Å². The van der Waals surface area contributed by atoms with Gasteiger partial charge in [-0.25, -0.2) is 0 Å². The third-order valence-corrected chi connectivity index (χ3v) is 3.92. The minimum absolute atomic E-state index is 0.0256. The van der Waals surface area contributed by atoms with Gasteiger partial charge in [-0.05, 0) is 18.4 Å². The average Bonchev–Trinajstić information content (AvgIpc) is 2.47. The van der Waals surface area contributed by atoms with E-state index in [9.17, 15) is 4.79 Å². The quantitative estimate of drug-likeness (QED) is 0.225. The van der Waals surface area contributed by atoms with Crippen LogP contribution in [0.2, 0.25) is 0 Å². The molecule has 8 heteroatoms. The first-order valence-corrected chi connectivity index (χ1v) is 7.50. The van der Waals surface area contributed by atoms with Gasteiger partial charge in [0.2, 0.25) is 0 Å². The topological polar surface area (TPSA) is 103 Å². The number of hydrogen-bond donors (Lipinski definition) is 0. The van der Waals surface area contributed by atoms with Crippen molar-refractivity contribution >= 4 is 5.97 Å². The summed E-state index contributed by atoms with van der Waals surface area (Å²) in [5.41, 5.74) is 8.13. The first-order valence-electron chi connectivity index (χ1n) is 7.50. The Bertz CT molecular complexity index is 400. The molecule has 1 rings (SSSR count). The van der Waals surface area contributed by atoms with Crippen LogP contribution < -0.4 is 0 Å². The summed E-state index contributed by atoms with van der Waals surface area (Å²) in [6.07, 6.45) is -0.990. The lowest BCUT2D eigenvalue weighted by Gasteiger charge is -2.42. The molecule has 0 aromatic carbocycles.